The SMILES string of the molecule is CC(=NNC(N)=S)C(=O)Nc1ccc(I)cc1. The largest absolute Gasteiger partial charge is 0.375 e. The number of benzene rings is 1. The number of rotatable bonds is 3. The van der Waals surface area contributed by atoms with E-state index in [9.17, 15) is 4.79 Å². The van der Waals surface area contributed by atoms with E-state index in [0.717, 1.165) is 3.57 Å². The Morgan fingerprint density at radius 1 is 1.41 bits per heavy atom. The van der Waals surface area contributed by atoms with Crippen molar-refractivity contribution in [3.05, 3.63) is 27.8 Å². The number of halogens is 1. The first-order chi connectivity index (χ1) is 7.99. The van der Waals surface area contributed by atoms with Crippen LogP contribution in [0.15, 0.2) is 29.4 Å². The molecule has 5 nitrogen and oxygen atoms in total. The van der Waals surface area contributed by atoms with Gasteiger partial charge >= 0.3 is 0 Å². The molecule has 0 aliphatic carbocycles. The molecule has 0 aliphatic heterocycles. The first-order valence-electron chi connectivity index (χ1n) is 4.65. The molecule has 7 heteroatoms. The van der Waals surface area contributed by atoms with E-state index >= 15 is 0 Å². The van der Waals surface area contributed by atoms with Crippen molar-refractivity contribution in [3.8, 4) is 0 Å². The Morgan fingerprint density at radius 3 is 2.53 bits per heavy atom. The second-order valence-corrected chi connectivity index (χ2v) is 4.82. The second kappa shape index (κ2) is 6.50. The van der Waals surface area contributed by atoms with Gasteiger partial charge in [0.05, 0.1) is 0 Å². The maximum Gasteiger partial charge on any atom is 0.271 e. The molecule has 0 heterocycles. The predicted octanol–water partition coefficient (Wildman–Crippen LogP) is 1.44. The first kappa shape index (κ1) is 13.8. The average Bonchev–Trinajstić information content (AvgIpc) is 2.28. The normalized spacial score (nSPS) is 10.8. The maximum atomic E-state index is 11.6. The molecule has 0 atom stereocenters. The summed E-state index contributed by atoms with van der Waals surface area (Å²) in [6, 6.07) is 7.42. The average molecular weight is 362 g/mol. The van der Waals surface area contributed by atoms with Crippen LogP contribution < -0.4 is 16.5 Å². The smallest absolute Gasteiger partial charge is 0.271 e. The standard InChI is InChI=1S/C10H11IN4OS/c1-6(14-15-10(12)17)9(16)13-8-4-2-7(11)3-5-8/h2-5H,1H3,(H,13,16)(H3,12,15,17). The van der Waals surface area contributed by atoms with Gasteiger partial charge in [0.1, 0.15) is 5.71 Å². The minimum Gasteiger partial charge on any atom is -0.375 e. The van der Waals surface area contributed by atoms with Crippen molar-refractivity contribution in [2.45, 2.75) is 6.92 Å². The number of carbonyl (C=O) groups is 1. The van der Waals surface area contributed by atoms with Gasteiger partial charge in [0.25, 0.3) is 5.91 Å². The van der Waals surface area contributed by atoms with Gasteiger partial charge in [0.15, 0.2) is 5.11 Å². The third-order valence-electron chi connectivity index (χ3n) is 1.76. The Bertz CT molecular complexity index is 458. The van der Waals surface area contributed by atoms with E-state index in [0.29, 0.717) is 5.69 Å². The molecule has 0 radical (unpaired) electrons. The van der Waals surface area contributed by atoms with Crippen molar-refractivity contribution in [1.82, 2.24) is 5.43 Å². The zero-order chi connectivity index (χ0) is 12.8. The fourth-order valence-corrected chi connectivity index (χ4v) is 1.35. The molecule has 17 heavy (non-hydrogen) atoms. The summed E-state index contributed by atoms with van der Waals surface area (Å²) < 4.78 is 1.10. The van der Waals surface area contributed by atoms with E-state index in [1.807, 2.05) is 24.3 Å². The third kappa shape index (κ3) is 5.09. The fraction of sp³-hybridized carbons (Fsp3) is 0.100. The van der Waals surface area contributed by atoms with Crippen LogP contribution in [0.5, 0.6) is 0 Å². The summed E-state index contributed by atoms with van der Waals surface area (Å²) in [6.45, 7) is 1.56. The fourth-order valence-electron chi connectivity index (χ4n) is 0.944. The minimum absolute atomic E-state index is 0.0198. The third-order valence-corrected chi connectivity index (χ3v) is 2.57. The molecule has 0 spiro atoms. The summed E-state index contributed by atoms with van der Waals surface area (Å²) in [4.78, 5) is 11.6. The van der Waals surface area contributed by atoms with Crippen molar-refractivity contribution in [2.75, 3.05) is 5.32 Å². The molecule has 0 aliphatic rings. The molecule has 1 rings (SSSR count). The lowest BCUT2D eigenvalue weighted by atomic mass is 10.3. The van der Waals surface area contributed by atoms with E-state index in [-0.39, 0.29) is 16.7 Å². The van der Waals surface area contributed by atoms with Crippen LogP contribution in [0.3, 0.4) is 0 Å². The van der Waals surface area contributed by atoms with Gasteiger partial charge < -0.3 is 11.1 Å². The second-order valence-electron chi connectivity index (χ2n) is 3.13. The van der Waals surface area contributed by atoms with Crippen molar-refractivity contribution in [2.24, 2.45) is 10.8 Å². The van der Waals surface area contributed by atoms with Crippen LogP contribution in [0.4, 0.5) is 5.69 Å². The molecule has 1 amide bonds. The molecule has 0 bridgehead atoms. The number of nitrogens with two attached hydrogens (primary N) is 1. The number of nitrogens with zero attached hydrogens (tertiary/aromatic N) is 1. The van der Waals surface area contributed by atoms with Crippen molar-refractivity contribution in [3.63, 3.8) is 0 Å². The maximum absolute atomic E-state index is 11.6. The van der Waals surface area contributed by atoms with E-state index in [1.165, 1.54) is 0 Å². The van der Waals surface area contributed by atoms with Crippen LogP contribution in [0.25, 0.3) is 0 Å². The number of thiocarbonyl (C=S) groups is 1. The van der Waals surface area contributed by atoms with Gasteiger partial charge in [-0.15, -0.1) is 0 Å². The van der Waals surface area contributed by atoms with Crippen molar-refractivity contribution < 1.29 is 4.79 Å². The Morgan fingerprint density at radius 2 is 2.00 bits per heavy atom. The van der Waals surface area contributed by atoms with Gasteiger partial charge in [-0.3, -0.25) is 10.2 Å². The molecule has 1 aromatic rings. The molecule has 0 aromatic heterocycles. The lowest BCUT2D eigenvalue weighted by molar-refractivity contribution is -0.110. The van der Waals surface area contributed by atoms with Gasteiger partial charge in [-0.25, -0.2) is 0 Å². The van der Waals surface area contributed by atoms with Gasteiger partial charge in [-0.05, 0) is 66.0 Å². The summed E-state index contributed by atoms with van der Waals surface area (Å²) in [5.41, 5.74) is 8.50. The highest BCUT2D eigenvalue weighted by Crippen LogP contribution is 2.10. The molecule has 0 saturated carbocycles. The van der Waals surface area contributed by atoms with Crippen LogP contribution in [0.2, 0.25) is 0 Å². The molecule has 0 unspecified atom stereocenters. The molecular weight excluding hydrogens is 351 g/mol. The van der Waals surface area contributed by atoms with Crippen molar-refractivity contribution >= 4 is 57.2 Å². The molecule has 4 N–H and O–H groups in total. The van der Waals surface area contributed by atoms with Crippen molar-refractivity contribution in [1.29, 1.82) is 0 Å². The monoisotopic (exact) mass is 362 g/mol. The highest BCUT2D eigenvalue weighted by molar-refractivity contribution is 14.1. The lowest BCUT2D eigenvalue weighted by Gasteiger charge is -2.05. The topological polar surface area (TPSA) is 79.5 Å². The number of hydrogen-bond acceptors (Lipinski definition) is 3. The van der Waals surface area contributed by atoms with Gasteiger partial charge in [-0.1, -0.05) is 0 Å². The summed E-state index contributed by atoms with van der Waals surface area (Å²) in [5, 5.41) is 6.44. The number of hydrogen-bond donors (Lipinski definition) is 3. The van der Waals surface area contributed by atoms with Crippen LogP contribution in [-0.2, 0) is 4.79 Å². The Balaban J connectivity index is 2.63. The highest BCUT2D eigenvalue weighted by Gasteiger charge is 2.06. The molecule has 0 fully saturated rings. The Labute approximate surface area is 118 Å². The molecular formula is C10H11IN4OS. The van der Waals surface area contributed by atoms with E-state index in [1.54, 1.807) is 6.92 Å². The summed E-state index contributed by atoms with van der Waals surface area (Å²) in [7, 11) is 0. The highest BCUT2D eigenvalue weighted by atomic mass is 127. The Hall–Kier alpha value is -1.22. The van der Waals surface area contributed by atoms with E-state index in [4.69, 9.17) is 5.73 Å². The van der Waals surface area contributed by atoms with Crippen LogP contribution >= 0.6 is 34.8 Å². The summed E-state index contributed by atoms with van der Waals surface area (Å²) in [6.07, 6.45) is 0. The minimum atomic E-state index is -0.310. The summed E-state index contributed by atoms with van der Waals surface area (Å²) >= 11 is 6.76. The molecule has 0 saturated heterocycles. The predicted molar refractivity (Wildman–Crippen MR) is 80.8 cm³/mol. The van der Waals surface area contributed by atoms with Gasteiger partial charge in [0, 0.05) is 9.26 Å². The number of anilines is 1. The van der Waals surface area contributed by atoms with Crippen LogP contribution in [-0.4, -0.2) is 16.7 Å². The van der Waals surface area contributed by atoms with Gasteiger partial charge in [0.2, 0.25) is 0 Å². The lowest BCUT2D eigenvalue weighted by Crippen LogP contribution is -2.28. The summed E-state index contributed by atoms with van der Waals surface area (Å²) in [5.74, 6) is -0.310. The Kier molecular flexibility index (Phi) is 5.29. The van der Waals surface area contributed by atoms with E-state index < -0.39 is 0 Å². The number of carbonyl (C=O) groups excluding carboxylic acids is 1. The first-order valence-corrected chi connectivity index (χ1v) is 6.14. The molecule has 1 aromatic carbocycles. The number of amides is 1. The zero-order valence-corrected chi connectivity index (χ0v) is 12.0. The molecule has 90 valence electrons. The van der Waals surface area contributed by atoms with Gasteiger partial charge in [-0.2, -0.15) is 5.10 Å². The van der Waals surface area contributed by atoms with Crippen LogP contribution in [0, 0.1) is 3.57 Å². The number of nitrogens with one attached hydrogen (secondary N) is 2. The van der Waals surface area contributed by atoms with E-state index in [2.05, 4.69) is 50.7 Å². The number of hydrazone groups is 1. The van der Waals surface area contributed by atoms with Crippen LogP contribution in [0.1, 0.15) is 6.92 Å². The quantitative estimate of drug-likeness (QED) is 0.329. The zero-order valence-electron chi connectivity index (χ0n) is 9.03.